The number of hydrogen-bond acceptors (Lipinski definition) is 3. The van der Waals surface area contributed by atoms with Crippen molar-refractivity contribution >= 4 is 27.3 Å². The number of nitrogens with one attached hydrogen (secondary N) is 2. The number of aryl methyl sites for hydroxylation is 2. The molecule has 0 aliphatic heterocycles. The highest BCUT2D eigenvalue weighted by atomic mass is 32.2. The Morgan fingerprint density at radius 1 is 0.862 bits per heavy atom. The Hall–Kier alpha value is -3.26. The number of carbonyl (C=O) groups excluding carboxylic acids is 1. The summed E-state index contributed by atoms with van der Waals surface area (Å²) in [5.74, 6) is -1.81. The van der Waals surface area contributed by atoms with Crippen molar-refractivity contribution in [3.63, 3.8) is 0 Å². The van der Waals surface area contributed by atoms with Gasteiger partial charge in [0.15, 0.2) is 0 Å². The van der Waals surface area contributed by atoms with Crippen LogP contribution in [0.2, 0.25) is 0 Å². The maximum atomic E-state index is 13.8. The molecule has 0 bridgehead atoms. The molecule has 150 valence electrons. The molecule has 0 saturated heterocycles. The van der Waals surface area contributed by atoms with Crippen molar-refractivity contribution in [1.82, 2.24) is 0 Å². The lowest BCUT2D eigenvalue weighted by Gasteiger charge is -2.13. The maximum absolute atomic E-state index is 13.8. The van der Waals surface area contributed by atoms with E-state index in [1.807, 2.05) is 0 Å². The van der Waals surface area contributed by atoms with Crippen LogP contribution >= 0.6 is 0 Å². The SMILES string of the molecule is Cc1ccc(F)cc1NC(=O)c1cc(S(=O)(=O)Nc2ccccc2F)ccc1C. The molecule has 0 saturated carbocycles. The lowest BCUT2D eigenvalue weighted by atomic mass is 10.1. The fourth-order valence-corrected chi connectivity index (χ4v) is 3.77. The van der Waals surface area contributed by atoms with Gasteiger partial charge in [0.1, 0.15) is 11.6 Å². The molecule has 1 amide bonds. The van der Waals surface area contributed by atoms with Gasteiger partial charge in [-0.15, -0.1) is 0 Å². The standard InChI is InChI=1S/C21H18F2N2O3S/c1-13-8-10-16(29(27,28)25-19-6-4-3-5-18(19)23)12-17(13)21(26)24-20-11-15(22)9-7-14(20)2/h3-12,25H,1-2H3,(H,24,26). The van der Waals surface area contributed by atoms with Crippen LogP contribution in [-0.4, -0.2) is 14.3 Å². The summed E-state index contributed by atoms with van der Waals surface area (Å²) in [5.41, 5.74) is 1.37. The van der Waals surface area contributed by atoms with Crippen LogP contribution in [0, 0.1) is 25.5 Å². The Morgan fingerprint density at radius 2 is 1.55 bits per heavy atom. The Balaban J connectivity index is 1.92. The van der Waals surface area contributed by atoms with E-state index >= 15 is 0 Å². The largest absolute Gasteiger partial charge is 0.322 e. The van der Waals surface area contributed by atoms with E-state index in [0.29, 0.717) is 11.1 Å². The molecular formula is C21H18F2N2O3S. The first-order chi connectivity index (χ1) is 13.7. The van der Waals surface area contributed by atoms with Gasteiger partial charge in [-0.05, 0) is 61.4 Å². The van der Waals surface area contributed by atoms with E-state index in [0.717, 1.165) is 6.07 Å². The molecule has 0 unspecified atom stereocenters. The fraction of sp³-hybridized carbons (Fsp3) is 0.0952. The van der Waals surface area contributed by atoms with Gasteiger partial charge in [-0.25, -0.2) is 17.2 Å². The molecule has 0 radical (unpaired) electrons. The van der Waals surface area contributed by atoms with Crippen LogP contribution in [0.3, 0.4) is 0 Å². The molecule has 29 heavy (non-hydrogen) atoms. The molecule has 0 aromatic heterocycles. The normalized spacial score (nSPS) is 11.2. The second kappa shape index (κ2) is 8.00. The number of halogens is 2. The molecule has 0 heterocycles. The molecule has 3 rings (SSSR count). The van der Waals surface area contributed by atoms with E-state index in [1.54, 1.807) is 13.8 Å². The number of sulfonamides is 1. The second-order valence-corrected chi connectivity index (χ2v) is 8.16. The van der Waals surface area contributed by atoms with Crippen LogP contribution in [0.5, 0.6) is 0 Å². The topological polar surface area (TPSA) is 75.3 Å². The van der Waals surface area contributed by atoms with Crippen molar-refractivity contribution in [3.05, 3.63) is 89.0 Å². The maximum Gasteiger partial charge on any atom is 0.262 e. The first-order valence-corrected chi connectivity index (χ1v) is 10.1. The van der Waals surface area contributed by atoms with Crippen molar-refractivity contribution in [2.75, 3.05) is 10.0 Å². The Kier molecular flexibility index (Phi) is 5.65. The van der Waals surface area contributed by atoms with Gasteiger partial charge < -0.3 is 5.32 Å². The minimum absolute atomic E-state index is 0.102. The molecule has 3 aromatic carbocycles. The molecule has 0 aliphatic rings. The van der Waals surface area contributed by atoms with Gasteiger partial charge in [-0.1, -0.05) is 24.3 Å². The minimum Gasteiger partial charge on any atom is -0.322 e. The highest BCUT2D eigenvalue weighted by Crippen LogP contribution is 2.23. The lowest BCUT2D eigenvalue weighted by Crippen LogP contribution is -2.18. The first kappa shape index (κ1) is 20.5. The van der Waals surface area contributed by atoms with Gasteiger partial charge in [0, 0.05) is 11.3 Å². The summed E-state index contributed by atoms with van der Waals surface area (Å²) in [6.45, 7) is 3.36. The van der Waals surface area contributed by atoms with Crippen LogP contribution in [-0.2, 0) is 10.0 Å². The van der Waals surface area contributed by atoms with Gasteiger partial charge in [0.25, 0.3) is 15.9 Å². The number of benzene rings is 3. The van der Waals surface area contributed by atoms with Crippen LogP contribution in [0.15, 0.2) is 65.6 Å². The van der Waals surface area contributed by atoms with Gasteiger partial charge in [-0.3, -0.25) is 9.52 Å². The van der Waals surface area contributed by atoms with E-state index in [-0.39, 0.29) is 21.8 Å². The Bertz CT molecular complexity index is 1190. The summed E-state index contributed by atoms with van der Waals surface area (Å²) in [7, 11) is -4.13. The summed E-state index contributed by atoms with van der Waals surface area (Å²) in [6, 6.07) is 13.3. The van der Waals surface area contributed by atoms with Crippen molar-refractivity contribution in [1.29, 1.82) is 0 Å². The zero-order chi connectivity index (χ0) is 21.2. The monoisotopic (exact) mass is 416 g/mol. The Morgan fingerprint density at radius 3 is 2.28 bits per heavy atom. The third-order valence-corrected chi connectivity index (χ3v) is 5.69. The average molecular weight is 416 g/mol. The third-order valence-electron chi connectivity index (χ3n) is 4.33. The lowest BCUT2D eigenvalue weighted by molar-refractivity contribution is 0.102. The summed E-state index contributed by atoms with van der Waals surface area (Å²) in [6.07, 6.45) is 0. The van der Waals surface area contributed by atoms with Gasteiger partial charge in [0.05, 0.1) is 10.6 Å². The van der Waals surface area contributed by atoms with Gasteiger partial charge >= 0.3 is 0 Å². The van der Waals surface area contributed by atoms with Crippen molar-refractivity contribution < 1.29 is 22.0 Å². The summed E-state index contributed by atoms with van der Waals surface area (Å²) < 4.78 is 54.7. The highest BCUT2D eigenvalue weighted by molar-refractivity contribution is 7.92. The van der Waals surface area contributed by atoms with Crippen LogP contribution < -0.4 is 10.0 Å². The van der Waals surface area contributed by atoms with Crippen molar-refractivity contribution in [2.24, 2.45) is 0 Å². The van der Waals surface area contributed by atoms with Crippen molar-refractivity contribution in [2.45, 2.75) is 18.7 Å². The number of rotatable bonds is 5. The molecule has 5 nitrogen and oxygen atoms in total. The molecule has 0 fully saturated rings. The van der Waals surface area contributed by atoms with E-state index in [2.05, 4.69) is 10.0 Å². The van der Waals surface area contributed by atoms with Crippen LogP contribution in [0.4, 0.5) is 20.2 Å². The summed E-state index contributed by atoms with van der Waals surface area (Å²) in [5, 5.41) is 2.59. The summed E-state index contributed by atoms with van der Waals surface area (Å²) in [4.78, 5) is 12.5. The minimum atomic E-state index is -4.13. The highest BCUT2D eigenvalue weighted by Gasteiger charge is 2.20. The molecule has 2 N–H and O–H groups in total. The fourth-order valence-electron chi connectivity index (χ4n) is 2.68. The molecule has 0 spiro atoms. The zero-order valence-electron chi connectivity index (χ0n) is 15.7. The number of amides is 1. The zero-order valence-corrected chi connectivity index (χ0v) is 16.5. The Labute approximate surface area is 167 Å². The van der Waals surface area contributed by atoms with Crippen LogP contribution in [0.25, 0.3) is 0 Å². The predicted octanol–water partition coefficient (Wildman–Crippen LogP) is 4.63. The average Bonchev–Trinajstić information content (AvgIpc) is 2.66. The third kappa shape index (κ3) is 4.60. The quantitative estimate of drug-likeness (QED) is 0.637. The molecule has 3 aromatic rings. The molecule has 0 aliphatic carbocycles. The van der Waals surface area contributed by atoms with E-state index in [4.69, 9.17) is 0 Å². The number of para-hydroxylation sites is 1. The van der Waals surface area contributed by atoms with E-state index < -0.39 is 27.6 Å². The number of carbonyl (C=O) groups is 1. The van der Waals surface area contributed by atoms with Crippen LogP contribution in [0.1, 0.15) is 21.5 Å². The molecule has 8 heteroatoms. The number of hydrogen-bond donors (Lipinski definition) is 2. The molecular weight excluding hydrogens is 398 g/mol. The molecule has 0 atom stereocenters. The second-order valence-electron chi connectivity index (χ2n) is 6.48. The van der Waals surface area contributed by atoms with Gasteiger partial charge in [-0.2, -0.15) is 0 Å². The van der Waals surface area contributed by atoms with Gasteiger partial charge in [0.2, 0.25) is 0 Å². The van der Waals surface area contributed by atoms with E-state index in [9.17, 15) is 22.0 Å². The predicted molar refractivity (Wildman–Crippen MR) is 107 cm³/mol. The summed E-state index contributed by atoms with van der Waals surface area (Å²) >= 11 is 0. The van der Waals surface area contributed by atoms with Crippen molar-refractivity contribution in [3.8, 4) is 0 Å². The first-order valence-electron chi connectivity index (χ1n) is 8.63. The smallest absolute Gasteiger partial charge is 0.262 e. The van der Waals surface area contributed by atoms with E-state index in [1.165, 1.54) is 54.6 Å². The number of anilines is 2.